The van der Waals surface area contributed by atoms with Crippen molar-refractivity contribution in [1.82, 2.24) is 4.98 Å². The van der Waals surface area contributed by atoms with Crippen LogP contribution in [0.4, 0.5) is 0 Å². The number of hydrogen-bond donors (Lipinski definition) is 1. The Labute approximate surface area is 78.1 Å². The average Bonchev–Trinajstić information content (AvgIpc) is 2.77. The van der Waals surface area contributed by atoms with Gasteiger partial charge in [0.05, 0.1) is 11.2 Å². The molecule has 0 radical (unpaired) electrons. The summed E-state index contributed by atoms with van der Waals surface area (Å²) in [5.74, 6) is 0. The molecule has 2 aromatic heterocycles. The fraction of sp³-hybridized carbons (Fsp3) is 0.125. The molecule has 2 heterocycles. The summed E-state index contributed by atoms with van der Waals surface area (Å²) in [6.45, 7) is 0. The molecule has 0 aliphatic rings. The first-order valence-corrected chi connectivity index (χ1v) is 5.30. The molecule has 0 fully saturated rings. The van der Waals surface area contributed by atoms with Crippen LogP contribution in [0.5, 0.6) is 0 Å². The van der Waals surface area contributed by atoms with E-state index in [1.807, 2.05) is 22.9 Å². The topological polar surface area (TPSA) is 33.1 Å². The van der Waals surface area contributed by atoms with Crippen LogP contribution < -0.4 is 0 Å². The maximum absolute atomic E-state index is 9.72. The van der Waals surface area contributed by atoms with Crippen LogP contribution in [0.1, 0.15) is 16.7 Å². The summed E-state index contributed by atoms with van der Waals surface area (Å²) >= 11 is 3.04. The zero-order valence-electron chi connectivity index (χ0n) is 6.18. The largest absolute Gasteiger partial charge is 0.381 e. The van der Waals surface area contributed by atoms with Gasteiger partial charge in [-0.05, 0) is 11.4 Å². The number of aliphatic hydroxyl groups is 1. The van der Waals surface area contributed by atoms with Crippen LogP contribution in [-0.2, 0) is 0 Å². The van der Waals surface area contributed by atoms with Crippen LogP contribution >= 0.6 is 22.7 Å². The number of nitrogens with zero attached hydrogens (tertiary/aromatic N) is 1. The van der Waals surface area contributed by atoms with Gasteiger partial charge in [0.1, 0.15) is 6.10 Å². The molecule has 2 rings (SSSR count). The van der Waals surface area contributed by atoms with Crippen LogP contribution in [0.25, 0.3) is 0 Å². The lowest BCUT2D eigenvalue weighted by Gasteiger charge is -2.02. The van der Waals surface area contributed by atoms with E-state index >= 15 is 0 Å². The number of thiazole rings is 1. The van der Waals surface area contributed by atoms with Crippen molar-refractivity contribution in [2.24, 2.45) is 0 Å². The van der Waals surface area contributed by atoms with Crippen LogP contribution in [0.3, 0.4) is 0 Å². The Morgan fingerprint density at radius 2 is 2.42 bits per heavy atom. The van der Waals surface area contributed by atoms with E-state index in [-0.39, 0.29) is 0 Å². The van der Waals surface area contributed by atoms with Crippen LogP contribution in [0.15, 0.2) is 28.4 Å². The molecular weight excluding hydrogens is 190 g/mol. The average molecular weight is 197 g/mol. The van der Waals surface area contributed by atoms with Crippen LogP contribution in [0.2, 0.25) is 0 Å². The lowest BCUT2D eigenvalue weighted by Crippen LogP contribution is -1.96. The molecule has 0 aromatic carbocycles. The van der Waals surface area contributed by atoms with Gasteiger partial charge in [0.15, 0.2) is 0 Å². The van der Waals surface area contributed by atoms with Gasteiger partial charge in [-0.1, -0.05) is 6.07 Å². The minimum atomic E-state index is -0.545. The predicted octanol–water partition coefficient (Wildman–Crippen LogP) is 2.29. The van der Waals surface area contributed by atoms with Gasteiger partial charge in [0.25, 0.3) is 0 Å². The molecule has 1 N–H and O–H groups in total. The van der Waals surface area contributed by atoms with Crippen molar-refractivity contribution < 1.29 is 5.11 Å². The number of aliphatic hydroxyl groups excluding tert-OH is 1. The lowest BCUT2D eigenvalue weighted by molar-refractivity contribution is 0.220. The van der Waals surface area contributed by atoms with Gasteiger partial charge >= 0.3 is 0 Å². The second kappa shape index (κ2) is 3.35. The van der Waals surface area contributed by atoms with Gasteiger partial charge in [0, 0.05) is 10.3 Å². The molecule has 62 valence electrons. The zero-order chi connectivity index (χ0) is 8.39. The molecule has 12 heavy (non-hydrogen) atoms. The summed E-state index contributed by atoms with van der Waals surface area (Å²) in [5.41, 5.74) is 2.47. The smallest absolute Gasteiger partial charge is 0.131 e. The summed E-state index contributed by atoms with van der Waals surface area (Å²) in [6, 6.07) is 3.84. The fourth-order valence-corrected chi connectivity index (χ4v) is 2.24. The molecule has 2 aromatic rings. The van der Waals surface area contributed by atoms with E-state index in [2.05, 4.69) is 4.98 Å². The highest BCUT2D eigenvalue weighted by Crippen LogP contribution is 2.24. The molecule has 0 amide bonds. The first-order chi connectivity index (χ1) is 5.88. The van der Waals surface area contributed by atoms with Crippen molar-refractivity contribution in [3.05, 3.63) is 39.0 Å². The normalized spacial score (nSPS) is 13.1. The Morgan fingerprint density at radius 3 is 3.00 bits per heavy atom. The molecule has 4 heteroatoms. The van der Waals surface area contributed by atoms with E-state index in [4.69, 9.17) is 0 Å². The third-order valence-corrected chi connectivity index (χ3v) is 3.07. The Kier molecular flexibility index (Phi) is 2.21. The third-order valence-electron chi connectivity index (χ3n) is 1.54. The maximum atomic E-state index is 9.72. The van der Waals surface area contributed by atoms with E-state index in [0.29, 0.717) is 0 Å². The zero-order valence-corrected chi connectivity index (χ0v) is 7.81. The van der Waals surface area contributed by atoms with E-state index in [0.717, 1.165) is 10.6 Å². The minimum Gasteiger partial charge on any atom is -0.381 e. The fourth-order valence-electron chi connectivity index (χ4n) is 0.950. The van der Waals surface area contributed by atoms with Gasteiger partial charge in [0.2, 0.25) is 0 Å². The van der Waals surface area contributed by atoms with E-state index in [9.17, 15) is 5.11 Å². The number of thiophene rings is 1. The van der Waals surface area contributed by atoms with Crippen LogP contribution in [0, 0.1) is 0 Å². The molecule has 0 saturated heterocycles. The molecule has 0 aliphatic heterocycles. The van der Waals surface area contributed by atoms with Crippen molar-refractivity contribution in [2.75, 3.05) is 0 Å². The highest BCUT2D eigenvalue weighted by atomic mass is 32.1. The van der Waals surface area contributed by atoms with Gasteiger partial charge < -0.3 is 5.11 Å². The molecule has 2 nitrogen and oxygen atoms in total. The molecule has 0 aliphatic carbocycles. The quantitative estimate of drug-likeness (QED) is 0.801. The Bertz CT molecular complexity index is 294. The second-order valence-corrected chi connectivity index (χ2v) is 4.03. The van der Waals surface area contributed by atoms with Gasteiger partial charge in [-0.25, -0.2) is 4.98 Å². The minimum absolute atomic E-state index is 0.545. The second-order valence-electron chi connectivity index (χ2n) is 2.33. The first kappa shape index (κ1) is 7.91. The molecule has 0 saturated carbocycles. The molecule has 1 unspecified atom stereocenters. The van der Waals surface area contributed by atoms with Gasteiger partial charge in [-0.2, -0.15) is 0 Å². The van der Waals surface area contributed by atoms with E-state index in [1.165, 1.54) is 11.3 Å². The number of hydrogen-bond acceptors (Lipinski definition) is 4. The van der Waals surface area contributed by atoms with Crippen molar-refractivity contribution in [3.63, 3.8) is 0 Å². The SMILES string of the molecule is OC(c1cscn1)c1cccs1. The summed E-state index contributed by atoms with van der Waals surface area (Å²) < 4.78 is 0. The van der Waals surface area contributed by atoms with Crippen molar-refractivity contribution >= 4 is 22.7 Å². The monoisotopic (exact) mass is 197 g/mol. The number of rotatable bonds is 2. The molecular formula is C8H7NOS2. The Hall–Kier alpha value is -0.710. The summed E-state index contributed by atoms with van der Waals surface area (Å²) in [6.07, 6.45) is -0.545. The van der Waals surface area contributed by atoms with Crippen molar-refractivity contribution in [2.45, 2.75) is 6.10 Å². The third kappa shape index (κ3) is 1.41. The van der Waals surface area contributed by atoms with Gasteiger partial charge in [-0.15, -0.1) is 22.7 Å². The van der Waals surface area contributed by atoms with E-state index in [1.54, 1.807) is 16.8 Å². The summed E-state index contributed by atoms with van der Waals surface area (Å²) in [4.78, 5) is 4.99. The Morgan fingerprint density at radius 1 is 1.50 bits per heavy atom. The summed E-state index contributed by atoms with van der Waals surface area (Å²) in [7, 11) is 0. The van der Waals surface area contributed by atoms with Crippen molar-refractivity contribution in [1.29, 1.82) is 0 Å². The number of aromatic nitrogens is 1. The predicted molar refractivity (Wildman–Crippen MR) is 50.5 cm³/mol. The summed E-state index contributed by atoms with van der Waals surface area (Å²) in [5, 5.41) is 13.5. The Balaban J connectivity index is 2.27. The molecule has 0 bridgehead atoms. The van der Waals surface area contributed by atoms with Crippen LogP contribution in [-0.4, -0.2) is 10.1 Å². The maximum Gasteiger partial charge on any atom is 0.131 e. The highest BCUT2D eigenvalue weighted by Gasteiger charge is 2.12. The first-order valence-electron chi connectivity index (χ1n) is 3.47. The van der Waals surface area contributed by atoms with Crippen molar-refractivity contribution in [3.8, 4) is 0 Å². The molecule has 0 spiro atoms. The standard InChI is InChI=1S/C8H7NOS2/c10-8(6-4-11-5-9-6)7-2-1-3-12-7/h1-5,8,10H. The van der Waals surface area contributed by atoms with Gasteiger partial charge in [-0.3, -0.25) is 0 Å². The lowest BCUT2D eigenvalue weighted by atomic mass is 10.2. The van der Waals surface area contributed by atoms with E-state index < -0.39 is 6.10 Å². The highest BCUT2D eigenvalue weighted by molar-refractivity contribution is 7.10. The molecule has 1 atom stereocenters.